The summed E-state index contributed by atoms with van der Waals surface area (Å²) < 4.78 is 26.6. The fourth-order valence-electron chi connectivity index (χ4n) is 4.38. The molecule has 0 unspecified atom stereocenters. The van der Waals surface area contributed by atoms with E-state index in [4.69, 9.17) is 19.7 Å². The summed E-state index contributed by atoms with van der Waals surface area (Å²) in [7, 11) is 0. The second-order valence-electron chi connectivity index (χ2n) is 8.47. The van der Waals surface area contributed by atoms with Crippen molar-refractivity contribution in [1.82, 2.24) is 4.57 Å². The highest BCUT2D eigenvalue weighted by atomic mass is 32.1. The zero-order valence-corrected chi connectivity index (χ0v) is 21.7. The Kier molecular flexibility index (Phi) is 7.48. The van der Waals surface area contributed by atoms with Gasteiger partial charge < -0.3 is 9.47 Å². The highest BCUT2D eigenvalue weighted by molar-refractivity contribution is 7.07. The third-order valence-electron chi connectivity index (χ3n) is 6.06. The van der Waals surface area contributed by atoms with Crippen LogP contribution in [0, 0.1) is 17.1 Å². The third kappa shape index (κ3) is 5.15. The number of hydrogen-bond donors (Lipinski definition) is 0. The molecular formula is C30H22FN3O4S. The number of ether oxygens (including phenoxy) is 2. The van der Waals surface area contributed by atoms with Crippen molar-refractivity contribution >= 4 is 29.1 Å². The average Bonchev–Trinajstić information content (AvgIpc) is 3.27. The van der Waals surface area contributed by atoms with Gasteiger partial charge in [0, 0.05) is 11.1 Å². The minimum Gasteiger partial charge on any atom is -0.478 e. The summed E-state index contributed by atoms with van der Waals surface area (Å²) in [6, 6.07) is 23.0. The van der Waals surface area contributed by atoms with Gasteiger partial charge in [0.05, 0.1) is 28.5 Å². The van der Waals surface area contributed by atoms with E-state index in [1.165, 1.54) is 16.7 Å². The summed E-state index contributed by atoms with van der Waals surface area (Å²) >= 11 is 1.16. The number of para-hydroxylation sites is 1. The quantitative estimate of drug-likeness (QED) is 0.331. The number of nitrogens with zero attached hydrogens (tertiary/aromatic N) is 3. The van der Waals surface area contributed by atoms with Crippen molar-refractivity contribution < 1.29 is 18.7 Å². The lowest BCUT2D eigenvalue weighted by molar-refractivity contribution is -0.138. The number of aromatic nitrogens is 1. The molecule has 4 aromatic rings. The normalized spacial score (nSPS) is 14.8. The van der Waals surface area contributed by atoms with Gasteiger partial charge in [-0.05, 0) is 36.8 Å². The van der Waals surface area contributed by atoms with Gasteiger partial charge in [-0.1, -0.05) is 72.0 Å². The Labute approximate surface area is 227 Å². The standard InChI is InChI=1S/C30H22FN3O4S/c1-2-37-29(36)25-26(19-8-4-3-5-9-19)33-30-34(27(25)20-12-14-22(31)15-13-20)28(35)24(39-30)18-21-10-6-7-11-23(21)38-17-16-32/h3-15,18,27H,2,17H2,1H3/t27-/m0/s1. The number of hydrogen-bond acceptors (Lipinski definition) is 7. The van der Waals surface area contributed by atoms with E-state index in [1.807, 2.05) is 36.4 Å². The Morgan fingerprint density at radius 2 is 1.82 bits per heavy atom. The van der Waals surface area contributed by atoms with Crippen LogP contribution in [0.4, 0.5) is 4.39 Å². The van der Waals surface area contributed by atoms with E-state index in [9.17, 15) is 14.0 Å². The number of rotatable bonds is 7. The van der Waals surface area contributed by atoms with Gasteiger partial charge in [0.1, 0.15) is 17.6 Å². The molecule has 1 atom stereocenters. The second-order valence-corrected chi connectivity index (χ2v) is 9.48. The van der Waals surface area contributed by atoms with Crippen LogP contribution in [0.2, 0.25) is 0 Å². The van der Waals surface area contributed by atoms with Gasteiger partial charge in [-0.3, -0.25) is 9.36 Å². The highest BCUT2D eigenvalue weighted by Gasteiger charge is 2.35. The minimum absolute atomic E-state index is 0.129. The Balaban J connectivity index is 1.80. The maximum Gasteiger partial charge on any atom is 0.338 e. The van der Waals surface area contributed by atoms with Crippen LogP contribution in [0.15, 0.2) is 94.2 Å². The van der Waals surface area contributed by atoms with Gasteiger partial charge in [-0.2, -0.15) is 5.26 Å². The molecule has 5 rings (SSSR count). The first-order valence-corrected chi connectivity index (χ1v) is 13.0. The lowest BCUT2D eigenvalue weighted by atomic mass is 9.93. The van der Waals surface area contributed by atoms with Crippen molar-refractivity contribution in [3.05, 3.63) is 127 Å². The van der Waals surface area contributed by atoms with Crippen molar-refractivity contribution in [2.75, 3.05) is 13.2 Å². The van der Waals surface area contributed by atoms with Crippen LogP contribution in [-0.4, -0.2) is 23.8 Å². The zero-order chi connectivity index (χ0) is 27.4. The molecule has 0 N–H and O–H groups in total. The zero-order valence-electron chi connectivity index (χ0n) is 20.8. The highest BCUT2D eigenvalue weighted by Crippen LogP contribution is 2.35. The third-order valence-corrected chi connectivity index (χ3v) is 7.04. The minimum atomic E-state index is -0.900. The van der Waals surface area contributed by atoms with Crippen LogP contribution >= 0.6 is 11.3 Å². The first kappa shape index (κ1) is 25.8. The molecule has 194 valence electrons. The fraction of sp³-hybridized carbons (Fsp3) is 0.133. The van der Waals surface area contributed by atoms with E-state index in [0.717, 1.165) is 11.3 Å². The van der Waals surface area contributed by atoms with Gasteiger partial charge in [0.25, 0.3) is 5.56 Å². The second kappa shape index (κ2) is 11.3. The molecule has 0 amide bonds. The maximum absolute atomic E-state index is 13.9. The van der Waals surface area contributed by atoms with Crippen LogP contribution < -0.4 is 19.6 Å². The van der Waals surface area contributed by atoms with E-state index in [2.05, 4.69) is 0 Å². The van der Waals surface area contributed by atoms with Crippen molar-refractivity contribution in [3.63, 3.8) is 0 Å². The molecule has 39 heavy (non-hydrogen) atoms. The Morgan fingerprint density at radius 1 is 1.10 bits per heavy atom. The SMILES string of the molecule is CCOC(=O)C1=C(c2ccccc2)N=c2sc(=Cc3ccccc3OCC#N)c(=O)n2[C@H]1c1ccc(F)cc1. The number of nitriles is 1. The smallest absolute Gasteiger partial charge is 0.338 e. The number of fused-ring (bicyclic) bond motifs is 1. The van der Waals surface area contributed by atoms with Crippen molar-refractivity contribution in [2.24, 2.45) is 4.99 Å². The molecule has 9 heteroatoms. The molecule has 0 fully saturated rings. The van der Waals surface area contributed by atoms with E-state index < -0.39 is 17.8 Å². The van der Waals surface area contributed by atoms with Gasteiger partial charge in [0.15, 0.2) is 11.4 Å². The van der Waals surface area contributed by atoms with Crippen LogP contribution in [0.3, 0.4) is 0 Å². The van der Waals surface area contributed by atoms with E-state index in [-0.39, 0.29) is 24.3 Å². The van der Waals surface area contributed by atoms with E-state index >= 15 is 0 Å². The van der Waals surface area contributed by atoms with Gasteiger partial charge >= 0.3 is 5.97 Å². The summed E-state index contributed by atoms with van der Waals surface area (Å²) in [5, 5.41) is 8.93. The number of benzene rings is 3. The van der Waals surface area contributed by atoms with E-state index in [1.54, 1.807) is 49.4 Å². The first-order valence-electron chi connectivity index (χ1n) is 12.1. The van der Waals surface area contributed by atoms with Crippen LogP contribution in [0.5, 0.6) is 5.75 Å². The molecule has 3 aromatic carbocycles. The predicted molar refractivity (Wildman–Crippen MR) is 145 cm³/mol. The average molecular weight is 540 g/mol. The van der Waals surface area contributed by atoms with Crippen LogP contribution in [0.25, 0.3) is 11.8 Å². The summed E-state index contributed by atoms with van der Waals surface area (Å²) in [4.78, 5) is 32.5. The van der Waals surface area contributed by atoms with Gasteiger partial charge in [-0.15, -0.1) is 0 Å². The molecule has 0 saturated heterocycles. The Hall–Kier alpha value is -4.81. The topological polar surface area (TPSA) is 93.7 Å². The largest absolute Gasteiger partial charge is 0.478 e. The summed E-state index contributed by atoms with van der Waals surface area (Å²) in [5.74, 6) is -0.596. The van der Waals surface area contributed by atoms with Crippen LogP contribution in [0.1, 0.15) is 29.7 Å². The lowest BCUT2D eigenvalue weighted by Gasteiger charge is -2.25. The molecule has 7 nitrogen and oxygen atoms in total. The molecule has 0 saturated carbocycles. The molecule has 0 aliphatic carbocycles. The summed E-state index contributed by atoms with van der Waals surface area (Å²) in [6.45, 7) is 1.69. The molecule has 1 aliphatic heterocycles. The van der Waals surface area contributed by atoms with Crippen molar-refractivity contribution in [1.29, 1.82) is 5.26 Å². The Morgan fingerprint density at radius 3 is 2.54 bits per heavy atom. The van der Waals surface area contributed by atoms with Crippen molar-refractivity contribution in [2.45, 2.75) is 13.0 Å². The maximum atomic E-state index is 13.9. The molecular weight excluding hydrogens is 517 g/mol. The fourth-order valence-corrected chi connectivity index (χ4v) is 5.38. The van der Waals surface area contributed by atoms with E-state index in [0.29, 0.717) is 37.5 Å². The Bertz CT molecular complexity index is 1780. The molecule has 1 aromatic heterocycles. The molecule has 0 radical (unpaired) electrons. The number of carbonyl (C=O) groups excluding carboxylic acids is 1. The molecule has 0 bridgehead atoms. The number of thiazole rings is 1. The summed E-state index contributed by atoms with van der Waals surface area (Å²) in [5.41, 5.74) is 2.02. The van der Waals surface area contributed by atoms with Crippen LogP contribution in [-0.2, 0) is 9.53 Å². The number of halogens is 1. The number of esters is 1. The molecule has 1 aliphatic rings. The van der Waals surface area contributed by atoms with Crippen molar-refractivity contribution in [3.8, 4) is 11.8 Å². The molecule has 2 heterocycles. The molecule has 0 spiro atoms. The van der Waals surface area contributed by atoms with Gasteiger partial charge in [-0.25, -0.2) is 14.2 Å². The predicted octanol–water partition coefficient (Wildman–Crippen LogP) is 3.98. The van der Waals surface area contributed by atoms with Gasteiger partial charge in [0.2, 0.25) is 0 Å². The first-order chi connectivity index (χ1) is 19.0. The lowest BCUT2D eigenvalue weighted by Crippen LogP contribution is -2.40. The summed E-state index contributed by atoms with van der Waals surface area (Å²) in [6.07, 6.45) is 1.68. The monoisotopic (exact) mass is 539 g/mol. The number of carbonyl (C=O) groups is 1.